The number of thiazole rings is 1. The summed E-state index contributed by atoms with van der Waals surface area (Å²) < 4.78 is 0. The largest absolute Gasteiger partial charge is 0.291 e. The molecule has 3 aromatic rings. The summed E-state index contributed by atoms with van der Waals surface area (Å²) >= 11 is 1.38. The number of rotatable bonds is 3. The van der Waals surface area contributed by atoms with Crippen molar-refractivity contribution >= 4 is 23.2 Å². The molecule has 0 unspecified atom stereocenters. The fourth-order valence-electron chi connectivity index (χ4n) is 2.78. The van der Waals surface area contributed by atoms with E-state index in [4.69, 9.17) is 0 Å². The molecule has 1 aliphatic rings. The molecule has 130 valence electrons. The number of hydrogen-bond donors (Lipinski definition) is 0. The number of hydrazine groups is 1. The van der Waals surface area contributed by atoms with Crippen molar-refractivity contribution in [2.24, 2.45) is 0 Å². The lowest BCUT2D eigenvalue weighted by molar-refractivity contribution is 0.0179. The molecule has 0 N–H and O–H groups in total. The summed E-state index contributed by atoms with van der Waals surface area (Å²) in [4.78, 5) is 38.1. The van der Waals surface area contributed by atoms with Crippen molar-refractivity contribution in [3.05, 3.63) is 65.7 Å². The van der Waals surface area contributed by atoms with Crippen LogP contribution in [0.5, 0.6) is 0 Å². The Morgan fingerprint density at radius 1 is 0.962 bits per heavy atom. The smallest absolute Gasteiger partial charge is 0.265 e. The zero-order chi connectivity index (χ0) is 17.9. The highest BCUT2D eigenvalue weighted by Gasteiger charge is 2.33. The summed E-state index contributed by atoms with van der Waals surface area (Å²) in [6.07, 6.45) is 5.69. The molecular formula is C18H15N5O2S. The average molecular weight is 365 g/mol. The van der Waals surface area contributed by atoms with E-state index in [1.807, 2.05) is 12.1 Å². The molecule has 1 fully saturated rings. The highest BCUT2D eigenvalue weighted by molar-refractivity contribution is 7.13. The SMILES string of the molecule is O=C(c1ccccn1)N1CCCN1C(=O)c1csc(-c2cccnc2)n1. The number of hydrogen-bond acceptors (Lipinski definition) is 6. The van der Waals surface area contributed by atoms with Crippen LogP contribution in [-0.2, 0) is 0 Å². The zero-order valence-corrected chi connectivity index (χ0v) is 14.6. The average Bonchev–Trinajstić information content (AvgIpc) is 3.38. The summed E-state index contributed by atoms with van der Waals surface area (Å²) in [5.74, 6) is -0.558. The number of carbonyl (C=O) groups excluding carboxylic acids is 2. The van der Waals surface area contributed by atoms with Crippen molar-refractivity contribution in [2.45, 2.75) is 6.42 Å². The van der Waals surface area contributed by atoms with E-state index >= 15 is 0 Å². The van der Waals surface area contributed by atoms with Crippen molar-refractivity contribution in [2.75, 3.05) is 13.1 Å². The molecule has 1 aliphatic heterocycles. The second-order valence-corrected chi connectivity index (χ2v) is 6.56. The molecule has 2 amide bonds. The van der Waals surface area contributed by atoms with Gasteiger partial charge < -0.3 is 0 Å². The van der Waals surface area contributed by atoms with Crippen LogP contribution in [0.15, 0.2) is 54.3 Å². The molecule has 3 aromatic heterocycles. The third-order valence-corrected chi connectivity index (χ3v) is 4.91. The molecule has 1 saturated heterocycles. The van der Waals surface area contributed by atoms with Crippen LogP contribution in [0.3, 0.4) is 0 Å². The molecule has 4 rings (SSSR count). The highest BCUT2D eigenvalue weighted by atomic mass is 32.1. The number of amides is 2. The van der Waals surface area contributed by atoms with Gasteiger partial charge in [-0.05, 0) is 30.7 Å². The molecule has 0 atom stereocenters. The number of pyridine rings is 2. The van der Waals surface area contributed by atoms with Crippen molar-refractivity contribution in [3.8, 4) is 10.6 Å². The van der Waals surface area contributed by atoms with E-state index in [1.54, 1.807) is 42.2 Å². The Hall–Kier alpha value is -3.13. The molecule has 4 heterocycles. The fraction of sp³-hybridized carbons (Fsp3) is 0.167. The van der Waals surface area contributed by atoms with Gasteiger partial charge in [0.05, 0.1) is 0 Å². The van der Waals surface area contributed by atoms with E-state index in [0.29, 0.717) is 24.5 Å². The standard InChI is InChI=1S/C18H15N5O2S/c24-17(14-6-1-2-8-20-14)22-9-4-10-23(22)18(25)15-12-26-16(21-15)13-5-3-7-19-11-13/h1-3,5-8,11-12H,4,9-10H2. The van der Waals surface area contributed by atoms with Gasteiger partial charge in [0.15, 0.2) is 0 Å². The van der Waals surface area contributed by atoms with Gasteiger partial charge >= 0.3 is 0 Å². The molecule has 8 heteroatoms. The molecule has 0 spiro atoms. The van der Waals surface area contributed by atoms with Gasteiger partial charge in [0.25, 0.3) is 11.8 Å². The molecular weight excluding hydrogens is 350 g/mol. The summed E-state index contributed by atoms with van der Waals surface area (Å²) in [5, 5.41) is 5.35. The summed E-state index contributed by atoms with van der Waals surface area (Å²) in [6.45, 7) is 0.970. The van der Waals surface area contributed by atoms with Gasteiger partial charge in [-0.1, -0.05) is 6.07 Å². The second kappa shape index (κ2) is 7.01. The molecule has 0 saturated carbocycles. The molecule has 0 aromatic carbocycles. The van der Waals surface area contributed by atoms with E-state index in [1.165, 1.54) is 21.4 Å². The van der Waals surface area contributed by atoms with Gasteiger partial charge in [-0.2, -0.15) is 0 Å². The maximum atomic E-state index is 12.9. The normalized spacial score (nSPS) is 13.8. The van der Waals surface area contributed by atoms with E-state index in [-0.39, 0.29) is 11.8 Å². The maximum absolute atomic E-state index is 12.9. The van der Waals surface area contributed by atoms with Crippen LogP contribution in [0.2, 0.25) is 0 Å². The lowest BCUT2D eigenvalue weighted by Crippen LogP contribution is -2.45. The molecule has 7 nitrogen and oxygen atoms in total. The van der Waals surface area contributed by atoms with Crippen LogP contribution >= 0.6 is 11.3 Å². The molecule has 0 aliphatic carbocycles. The van der Waals surface area contributed by atoms with Crippen molar-refractivity contribution < 1.29 is 9.59 Å². The zero-order valence-electron chi connectivity index (χ0n) is 13.8. The Bertz CT molecular complexity index is 929. The number of aromatic nitrogens is 3. The minimum Gasteiger partial charge on any atom is -0.265 e. The Kier molecular flexibility index (Phi) is 4.40. The monoisotopic (exact) mass is 365 g/mol. The number of carbonyl (C=O) groups is 2. The first kappa shape index (κ1) is 16.3. The molecule has 26 heavy (non-hydrogen) atoms. The van der Waals surface area contributed by atoms with Crippen molar-refractivity contribution in [3.63, 3.8) is 0 Å². The van der Waals surface area contributed by atoms with Crippen LogP contribution in [0.4, 0.5) is 0 Å². The van der Waals surface area contributed by atoms with E-state index in [2.05, 4.69) is 15.0 Å². The second-order valence-electron chi connectivity index (χ2n) is 5.70. The first-order valence-electron chi connectivity index (χ1n) is 8.14. The van der Waals surface area contributed by atoms with Gasteiger partial charge in [-0.3, -0.25) is 19.6 Å². The lowest BCUT2D eigenvalue weighted by Gasteiger charge is -2.26. The number of nitrogens with zero attached hydrogens (tertiary/aromatic N) is 5. The van der Waals surface area contributed by atoms with Gasteiger partial charge in [-0.15, -0.1) is 11.3 Å². The van der Waals surface area contributed by atoms with Crippen molar-refractivity contribution in [1.82, 2.24) is 25.0 Å². The maximum Gasteiger partial charge on any atom is 0.291 e. The summed E-state index contributed by atoms with van der Waals surface area (Å²) in [5.41, 5.74) is 1.51. The van der Waals surface area contributed by atoms with Crippen LogP contribution in [-0.4, -0.2) is 49.9 Å². The van der Waals surface area contributed by atoms with Crippen molar-refractivity contribution in [1.29, 1.82) is 0 Å². The van der Waals surface area contributed by atoms with E-state index in [0.717, 1.165) is 17.0 Å². The van der Waals surface area contributed by atoms with Crippen LogP contribution in [0, 0.1) is 0 Å². The van der Waals surface area contributed by atoms with Crippen LogP contribution in [0.25, 0.3) is 10.6 Å². The van der Waals surface area contributed by atoms with E-state index in [9.17, 15) is 9.59 Å². The fourth-order valence-corrected chi connectivity index (χ4v) is 3.57. The first-order valence-corrected chi connectivity index (χ1v) is 9.02. The Morgan fingerprint density at radius 3 is 2.46 bits per heavy atom. The third kappa shape index (κ3) is 3.06. The first-order chi connectivity index (χ1) is 12.7. The molecule has 0 bridgehead atoms. The Balaban J connectivity index is 1.56. The van der Waals surface area contributed by atoms with Gasteiger partial charge in [0.2, 0.25) is 0 Å². The third-order valence-electron chi connectivity index (χ3n) is 4.02. The predicted octanol–water partition coefficient (Wildman–Crippen LogP) is 2.50. The quantitative estimate of drug-likeness (QED) is 0.712. The molecule has 0 radical (unpaired) electrons. The van der Waals surface area contributed by atoms with Crippen LogP contribution in [0.1, 0.15) is 27.4 Å². The Morgan fingerprint density at radius 2 is 1.77 bits per heavy atom. The van der Waals surface area contributed by atoms with Gasteiger partial charge in [-0.25, -0.2) is 15.0 Å². The minimum absolute atomic E-state index is 0.279. The predicted molar refractivity (Wildman–Crippen MR) is 96.3 cm³/mol. The van der Waals surface area contributed by atoms with Crippen LogP contribution < -0.4 is 0 Å². The van der Waals surface area contributed by atoms with Gasteiger partial charge in [0, 0.05) is 42.6 Å². The highest BCUT2D eigenvalue weighted by Crippen LogP contribution is 2.25. The van der Waals surface area contributed by atoms with E-state index < -0.39 is 0 Å². The summed E-state index contributed by atoms with van der Waals surface area (Å²) in [7, 11) is 0. The van der Waals surface area contributed by atoms with Gasteiger partial charge in [0.1, 0.15) is 16.4 Å². The minimum atomic E-state index is -0.279. The Labute approximate surface area is 153 Å². The topological polar surface area (TPSA) is 79.3 Å². The lowest BCUT2D eigenvalue weighted by atomic mass is 10.3. The summed E-state index contributed by atoms with van der Waals surface area (Å²) in [6, 6.07) is 8.87.